The van der Waals surface area contributed by atoms with Crippen LogP contribution in [0.1, 0.15) is 28.4 Å². The van der Waals surface area contributed by atoms with Gasteiger partial charge in [0.1, 0.15) is 0 Å². The van der Waals surface area contributed by atoms with Gasteiger partial charge in [-0.1, -0.05) is 36.4 Å². The quantitative estimate of drug-likeness (QED) is 0.247. The average molecular weight is 533 g/mol. The Balaban J connectivity index is 0.00000341. The summed E-state index contributed by atoms with van der Waals surface area (Å²) in [7, 11) is 3.52. The van der Waals surface area contributed by atoms with Gasteiger partial charge in [0.2, 0.25) is 0 Å². The third-order valence-corrected chi connectivity index (χ3v) is 4.95. The van der Waals surface area contributed by atoms with Crippen LogP contribution in [0.4, 0.5) is 5.69 Å². The molecule has 1 aliphatic heterocycles. The number of hydrogen-bond donors (Lipinski definition) is 2. The lowest BCUT2D eigenvalue weighted by atomic mass is 10.1. The van der Waals surface area contributed by atoms with Crippen LogP contribution in [0, 0.1) is 0 Å². The SMILES string of the molecule is CCNC(=NCc1ccc(N2CC=CC2)cc1)NCc1ccc(C(=O)N(C)C)cc1.I. The fraction of sp³-hybridized carbons (Fsp3) is 0.333. The number of benzene rings is 2. The van der Waals surface area contributed by atoms with Gasteiger partial charge >= 0.3 is 0 Å². The Morgan fingerprint density at radius 1 is 0.968 bits per heavy atom. The first-order valence-corrected chi connectivity index (χ1v) is 10.4. The number of nitrogens with zero attached hydrogens (tertiary/aromatic N) is 3. The van der Waals surface area contributed by atoms with Crippen molar-refractivity contribution in [3.63, 3.8) is 0 Å². The number of guanidine groups is 1. The van der Waals surface area contributed by atoms with Crippen molar-refractivity contribution in [1.29, 1.82) is 0 Å². The van der Waals surface area contributed by atoms with E-state index < -0.39 is 0 Å². The predicted molar refractivity (Wildman–Crippen MR) is 139 cm³/mol. The summed E-state index contributed by atoms with van der Waals surface area (Å²) in [6, 6.07) is 16.3. The van der Waals surface area contributed by atoms with E-state index >= 15 is 0 Å². The summed E-state index contributed by atoms with van der Waals surface area (Å²) in [5.41, 5.74) is 4.21. The molecule has 7 heteroatoms. The Kier molecular flexibility index (Phi) is 9.84. The van der Waals surface area contributed by atoms with Crippen LogP contribution in [0.25, 0.3) is 0 Å². The summed E-state index contributed by atoms with van der Waals surface area (Å²) in [6.45, 7) is 6.07. The van der Waals surface area contributed by atoms with E-state index in [9.17, 15) is 4.79 Å². The first-order valence-electron chi connectivity index (χ1n) is 10.4. The predicted octanol–water partition coefficient (Wildman–Crippen LogP) is 3.64. The maximum atomic E-state index is 12.0. The second-order valence-electron chi connectivity index (χ2n) is 7.49. The summed E-state index contributed by atoms with van der Waals surface area (Å²) in [4.78, 5) is 20.6. The number of carbonyl (C=O) groups excluding carboxylic acids is 1. The Morgan fingerprint density at radius 2 is 1.58 bits per heavy atom. The summed E-state index contributed by atoms with van der Waals surface area (Å²) in [6.07, 6.45) is 4.39. The van der Waals surface area contributed by atoms with E-state index in [0.717, 1.165) is 31.2 Å². The van der Waals surface area contributed by atoms with Gasteiger partial charge in [-0.25, -0.2) is 4.99 Å². The molecule has 2 N–H and O–H groups in total. The van der Waals surface area contributed by atoms with Gasteiger partial charge < -0.3 is 20.4 Å². The molecule has 0 fully saturated rings. The molecule has 0 saturated heterocycles. The van der Waals surface area contributed by atoms with Crippen molar-refractivity contribution in [3.05, 3.63) is 77.4 Å². The van der Waals surface area contributed by atoms with Gasteiger partial charge in [0.15, 0.2) is 5.96 Å². The highest BCUT2D eigenvalue weighted by atomic mass is 127. The largest absolute Gasteiger partial charge is 0.364 e. The van der Waals surface area contributed by atoms with E-state index in [1.165, 1.54) is 11.3 Å². The molecule has 0 spiro atoms. The van der Waals surface area contributed by atoms with Crippen molar-refractivity contribution >= 4 is 41.5 Å². The molecule has 166 valence electrons. The normalized spacial score (nSPS) is 13.0. The van der Waals surface area contributed by atoms with Crippen LogP contribution in [-0.4, -0.2) is 50.5 Å². The lowest BCUT2D eigenvalue weighted by Gasteiger charge is -2.17. The molecular formula is C24H32IN5O. The van der Waals surface area contributed by atoms with Crippen molar-refractivity contribution in [2.24, 2.45) is 4.99 Å². The number of halogens is 1. The topological polar surface area (TPSA) is 60.0 Å². The van der Waals surface area contributed by atoms with E-state index in [4.69, 9.17) is 4.99 Å². The molecule has 0 saturated carbocycles. The minimum Gasteiger partial charge on any atom is -0.364 e. The lowest BCUT2D eigenvalue weighted by molar-refractivity contribution is 0.0827. The smallest absolute Gasteiger partial charge is 0.253 e. The monoisotopic (exact) mass is 533 g/mol. The van der Waals surface area contributed by atoms with Gasteiger partial charge in [-0.15, -0.1) is 24.0 Å². The number of anilines is 1. The zero-order valence-corrected chi connectivity index (χ0v) is 20.8. The molecule has 1 aliphatic rings. The van der Waals surface area contributed by atoms with Crippen LogP contribution in [0.15, 0.2) is 65.7 Å². The first-order chi connectivity index (χ1) is 14.6. The van der Waals surface area contributed by atoms with Crippen molar-refractivity contribution in [2.75, 3.05) is 38.6 Å². The van der Waals surface area contributed by atoms with Gasteiger partial charge in [0.05, 0.1) is 6.54 Å². The molecule has 0 unspecified atom stereocenters. The molecule has 2 aromatic rings. The van der Waals surface area contributed by atoms with Gasteiger partial charge in [-0.2, -0.15) is 0 Å². The zero-order chi connectivity index (χ0) is 21.3. The molecule has 0 radical (unpaired) electrons. The van der Waals surface area contributed by atoms with Crippen LogP contribution in [0.2, 0.25) is 0 Å². The highest BCUT2D eigenvalue weighted by Crippen LogP contribution is 2.18. The molecule has 0 atom stereocenters. The molecular weight excluding hydrogens is 501 g/mol. The number of amides is 1. The van der Waals surface area contributed by atoms with E-state index in [-0.39, 0.29) is 29.9 Å². The summed E-state index contributed by atoms with van der Waals surface area (Å²) in [5, 5.41) is 6.65. The minimum absolute atomic E-state index is 0. The van der Waals surface area contributed by atoms with E-state index in [1.54, 1.807) is 19.0 Å². The fourth-order valence-electron chi connectivity index (χ4n) is 3.22. The maximum absolute atomic E-state index is 12.0. The maximum Gasteiger partial charge on any atom is 0.253 e. The average Bonchev–Trinajstić information content (AvgIpc) is 3.31. The molecule has 1 heterocycles. The Morgan fingerprint density at radius 3 is 2.16 bits per heavy atom. The molecule has 1 amide bonds. The van der Waals surface area contributed by atoms with Crippen LogP contribution in [-0.2, 0) is 13.1 Å². The number of aliphatic imine (C=N–C) groups is 1. The third-order valence-electron chi connectivity index (χ3n) is 4.95. The number of rotatable bonds is 7. The van der Waals surface area contributed by atoms with Crippen LogP contribution in [0.3, 0.4) is 0 Å². The van der Waals surface area contributed by atoms with E-state index in [1.807, 2.05) is 24.3 Å². The fourth-order valence-corrected chi connectivity index (χ4v) is 3.22. The Labute approximate surface area is 202 Å². The van der Waals surface area contributed by atoms with Crippen LogP contribution in [0.5, 0.6) is 0 Å². The minimum atomic E-state index is 0. The molecule has 2 aromatic carbocycles. The highest BCUT2D eigenvalue weighted by Gasteiger charge is 2.08. The van der Waals surface area contributed by atoms with Gasteiger partial charge in [0, 0.05) is 51.5 Å². The molecule has 3 rings (SSSR count). The van der Waals surface area contributed by atoms with Gasteiger partial charge in [-0.3, -0.25) is 4.79 Å². The lowest BCUT2D eigenvalue weighted by Crippen LogP contribution is -2.36. The van der Waals surface area contributed by atoms with Crippen molar-refractivity contribution in [2.45, 2.75) is 20.0 Å². The Bertz CT molecular complexity index is 883. The van der Waals surface area contributed by atoms with Crippen LogP contribution >= 0.6 is 24.0 Å². The number of hydrogen-bond acceptors (Lipinski definition) is 3. The molecule has 0 aromatic heterocycles. The van der Waals surface area contributed by atoms with Crippen LogP contribution < -0.4 is 15.5 Å². The molecule has 6 nitrogen and oxygen atoms in total. The van der Waals surface area contributed by atoms with E-state index in [0.29, 0.717) is 18.7 Å². The zero-order valence-electron chi connectivity index (χ0n) is 18.5. The standard InChI is InChI=1S/C24H31N5O.HI/c1-4-25-24(26-17-19-7-11-21(12-8-19)23(30)28(2)3)27-18-20-9-13-22(14-10-20)29-15-5-6-16-29;/h5-14H,4,15-18H2,1-3H3,(H2,25,26,27);1H. The molecule has 0 aliphatic carbocycles. The van der Waals surface area contributed by atoms with Crippen molar-refractivity contribution in [1.82, 2.24) is 15.5 Å². The number of nitrogens with one attached hydrogen (secondary N) is 2. The Hall–Kier alpha value is -2.55. The summed E-state index contributed by atoms with van der Waals surface area (Å²) < 4.78 is 0. The summed E-state index contributed by atoms with van der Waals surface area (Å²) in [5.74, 6) is 0.787. The second kappa shape index (κ2) is 12.3. The third kappa shape index (κ3) is 7.27. The summed E-state index contributed by atoms with van der Waals surface area (Å²) >= 11 is 0. The van der Waals surface area contributed by atoms with Gasteiger partial charge in [-0.05, 0) is 42.3 Å². The first kappa shape index (κ1) is 24.7. The van der Waals surface area contributed by atoms with E-state index in [2.05, 4.69) is 58.9 Å². The number of carbonyl (C=O) groups is 1. The molecule has 31 heavy (non-hydrogen) atoms. The second-order valence-corrected chi connectivity index (χ2v) is 7.49. The van der Waals surface area contributed by atoms with Crippen molar-refractivity contribution in [3.8, 4) is 0 Å². The van der Waals surface area contributed by atoms with Crippen molar-refractivity contribution < 1.29 is 4.79 Å². The molecule has 0 bridgehead atoms. The van der Waals surface area contributed by atoms with Gasteiger partial charge in [0.25, 0.3) is 5.91 Å². The highest BCUT2D eigenvalue weighted by molar-refractivity contribution is 14.0.